The van der Waals surface area contributed by atoms with E-state index in [1.807, 2.05) is 0 Å². The van der Waals surface area contributed by atoms with E-state index in [9.17, 15) is 43.2 Å². The zero-order valence-electron chi connectivity index (χ0n) is 13.5. The Morgan fingerprint density at radius 1 is 1.00 bits per heavy atom. The molecule has 0 aromatic carbocycles. The molecule has 0 radical (unpaired) electrons. The summed E-state index contributed by atoms with van der Waals surface area (Å²) in [5.41, 5.74) is -14.2. The molecule has 0 saturated heterocycles. The molecule has 6 nitrogen and oxygen atoms in total. The maximum Gasteiger partial charge on any atom is 0.538 e. The van der Waals surface area contributed by atoms with Crippen LogP contribution in [0.3, 0.4) is 0 Å². The molecular formula is C12H15F6N2O4S2+. The zero-order chi connectivity index (χ0) is 20.6. The number of unbranched alkanes of at least 4 members (excludes halogenated alkanes) is 1. The Labute approximate surface area is 145 Å². The summed E-state index contributed by atoms with van der Waals surface area (Å²) in [6, 6.07) is 2.25. The summed E-state index contributed by atoms with van der Waals surface area (Å²) in [4.78, 5) is 0. The molecule has 0 aliphatic carbocycles. The Bertz CT molecular complexity index is 897. The third kappa shape index (κ3) is 4.05. The molecule has 0 N–H and O–H groups in total. The fourth-order valence-electron chi connectivity index (χ4n) is 1.97. The van der Waals surface area contributed by atoms with Gasteiger partial charge in [0.05, 0.1) is 12.7 Å². The average molecular weight is 429 g/mol. The largest absolute Gasteiger partial charge is 0.538 e. The van der Waals surface area contributed by atoms with Crippen LogP contribution in [0.5, 0.6) is 0 Å². The first-order chi connectivity index (χ1) is 11.6. The molecule has 0 spiro atoms. The third-order valence-electron chi connectivity index (χ3n) is 3.18. The van der Waals surface area contributed by atoms with Gasteiger partial charge in [-0.25, -0.2) is 4.57 Å². The van der Waals surface area contributed by atoms with Gasteiger partial charge in [-0.05, 0) is 28.9 Å². The highest BCUT2D eigenvalue weighted by Gasteiger charge is 2.63. The van der Waals surface area contributed by atoms with Gasteiger partial charge in [0.1, 0.15) is 0 Å². The summed E-state index contributed by atoms with van der Waals surface area (Å²) in [5, 5.41) is 0. The molecule has 0 saturated carbocycles. The lowest BCUT2D eigenvalue weighted by Crippen LogP contribution is -2.54. The molecule has 0 atom stereocenters. The van der Waals surface area contributed by atoms with Crippen LogP contribution in [-0.4, -0.2) is 32.4 Å². The monoisotopic (exact) mass is 429 g/mol. The molecule has 0 amide bonds. The van der Waals surface area contributed by atoms with Crippen molar-refractivity contribution in [2.45, 2.75) is 44.3 Å². The summed E-state index contributed by atoms with van der Waals surface area (Å²) in [6.45, 7) is 2.49. The number of alkyl halides is 6. The lowest BCUT2D eigenvalue weighted by atomic mass is 10.3. The minimum absolute atomic E-state index is 0.190. The first-order valence-electron chi connectivity index (χ1n) is 7.01. The topological polar surface area (TPSA) is 76.2 Å². The van der Waals surface area contributed by atoms with Crippen molar-refractivity contribution < 1.29 is 43.2 Å². The highest BCUT2D eigenvalue weighted by atomic mass is 32.3. The van der Waals surface area contributed by atoms with Crippen molar-refractivity contribution in [1.29, 1.82) is 0 Å². The lowest BCUT2D eigenvalue weighted by molar-refractivity contribution is -0.0488. The first kappa shape index (κ1) is 22.5. The quantitative estimate of drug-likeness (QED) is 0.531. The van der Waals surface area contributed by atoms with Crippen LogP contribution in [0.2, 0.25) is 0 Å². The second-order valence-electron chi connectivity index (χ2n) is 5.16. The highest BCUT2D eigenvalue weighted by molar-refractivity contribution is 8.05. The number of nitrogens with zero attached hydrogens (tertiary/aromatic N) is 2. The summed E-state index contributed by atoms with van der Waals surface area (Å²) >= 11 is 0. The van der Waals surface area contributed by atoms with Gasteiger partial charge >= 0.3 is 36.6 Å². The number of pyridine rings is 1. The smallest absolute Gasteiger partial charge is 0.232 e. The number of sulfonamides is 2. The second kappa shape index (κ2) is 7.21. The molecule has 1 heterocycles. The number of aryl methyl sites for hydroxylation is 2. The summed E-state index contributed by atoms with van der Waals surface area (Å²) < 4.78 is 124. The third-order valence-corrected chi connectivity index (χ3v) is 6.75. The Morgan fingerprint density at radius 2 is 1.46 bits per heavy atom. The van der Waals surface area contributed by atoms with Crippen molar-refractivity contribution in [2.75, 3.05) is 0 Å². The minimum Gasteiger partial charge on any atom is -0.232 e. The fourth-order valence-corrected chi connectivity index (χ4v) is 4.84. The van der Waals surface area contributed by atoms with Crippen LogP contribution < -0.4 is 8.87 Å². The number of rotatable bonds is 5. The van der Waals surface area contributed by atoms with Gasteiger partial charge in [-0.2, -0.15) is 43.2 Å². The van der Waals surface area contributed by atoms with Crippen molar-refractivity contribution in [2.24, 2.45) is 0 Å². The molecule has 1 rings (SSSR count). The minimum atomic E-state index is -6.90. The number of hydrogen-bond donors (Lipinski definition) is 0. The number of halogens is 6. The van der Waals surface area contributed by atoms with Crippen molar-refractivity contribution in [3.8, 4) is 0 Å². The molecular weight excluding hydrogens is 414 g/mol. The van der Waals surface area contributed by atoms with Crippen LogP contribution in [-0.2, 0) is 26.6 Å². The summed E-state index contributed by atoms with van der Waals surface area (Å²) in [6.07, 6.45) is 1.73. The van der Waals surface area contributed by atoms with E-state index in [4.69, 9.17) is 0 Å². The van der Waals surface area contributed by atoms with E-state index >= 15 is 0 Å². The van der Waals surface area contributed by atoms with E-state index in [-0.39, 0.29) is 13.0 Å². The van der Waals surface area contributed by atoms with E-state index < -0.39 is 45.5 Å². The van der Waals surface area contributed by atoms with Crippen molar-refractivity contribution in [1.82, 2.24) is 7.95 Å². The molecule has 0 fully saturated rings. The van der Waals surface area contributed by atoms with Gasteiger partial charge in [-0.15, -0.1) is 0 Å². The van der Waals surface area contributed by atoms with Crippen LogP contribution in [0.1, 0.15) is 25.3 Å². The predicted molar refractivity (Wildman–Crippen MR) is 79.3 cm³/mol. The lowest BCUT2D eigenvalue weighted by Gasteiger charge is -2.14. The van der Waals surface area contributed by atoms with E-state index in [2.05, 4.69) is 0 Å². The number of aromatic nitrogens is 1. The maximum atomic E-state index is 12.9. The molecule has 150 valence electrons. The van der Waals surface area contributed by atoms with Crippen LogP contribution in [0.4, 0.5) is 26.3 Å². The standard InChI is InChI=1S/C12H15F6N2O4S2/c1-3-4-7-19-8-5-6-9(2)10(19)20(25(21,22)11(13,14)15)26(23,24)12(16,17)18/h5-6,8H,3-4,7H2,1-2H3/q+1. The number of hydrogen-bond acceptors (Lipinski definition) is 4. The fraction of sp³-hybridized carbons (Fsp3) is 0.583. The van der Waals surface area contributed by atoms with Gasteiger partial charge in [-0.3, -0.25) is 0 Å². The van der Waals surface area contributed by atoms with E-state index in [1.165, 1.54) is 6.07 Å². The Hall–Kier alpha value is -1.57. The predicted octanol–water partition coefficient (Wildman–Crippen LogP) is 2.07. The average Bonchev–Trinajstić information content (AvgIpc) is 2.45. The molecule has 1 aromatic heterocycles. The highest BCUT2D eigenvalue weighted by Crippen LogP contribution is 2.30. The molecule has 1 aromatic rings. The van der Waals surface area contributed by atoms with Crippen LogP contribution in [0, 0.1) is 6.92 Å². The molecule has 0 unspecified atom stereocenters. The van der Waals surface area contributed by atoms with E-state index in [0.29, 0.717) is 6.42 Å². The van der Waals surface area contributed by atoms with Gasteiger partial charge < -0.3 is 0 Å². The zero-order valence-corrected chi connectivity index (χ0v) is 15.1. The Balaban J connectivity index is 4.25. The maximum absolute atomic E-state index is 12.9. The molecule has 0 aliphatic heterocycles. The normalized spacial score (nSPS) is 13.7. The Morgan fingerprint density at radius 3 is 1.85 bits per heavy atom. The van der Waals surface area contributed by atoms with Gasteiger partial charge in [-0.1, -0.05) is 13.3 Å². The SMILES string of the molecule is CCCCn1cccc(C)c1=[N+](S(=O)(=O)C(F)(F)F)S(=O)(=O)C(F)(F)F. The van der Waals surface area contributed by atoms with Crippen molar-refractivity contribution >= 4 is 20.0 Å². The van der Waals surface area contributed by atoms with Gasteiger partial charge in [0, 0.05) is 5.56 Å². The summed E-state index contributed by atoms with van der Waals surface area (Å²) in [7, 11) is -13.8. The van der Waals surface area contributed by atoms with Gasteiger partial charge in [0.25, 0.3) is 0 Å². The summed E-state index contributed by atoms with van der Waals surface area (Å²) in [5.74, 6) is 0. The van der Waals surface area contributed by atoms with E-state index in [0.717, 1.165) is 23.8 Å². The van der Waals surface area contributed by atoms with Gasteiger partial charge in [0.2, 0.25) is 0 Å². The Kier molecular flexibility index (Phi) is 6.23. The molecule has 26 heavy (non-hydrogen) atoms. The molecule has 0 aliphatic rings. The van der Waals surface area contributed by atoms with Crippen molar-refractivity contribution in [3.05, 3.63) is 29.4 Å². The van der Waals surface area contributed by atoms with E-state index in [1.54, 1.807) is 6.92 Å². The van der Waals surface area contributed by atoms with Crippen LogP contribution in [0.15, 0.2) is 18.3 Å². The second-order valence-corrected chi connectivity index (χ2v) is 8.95. The molecule has 0 bridgehead atoms. The van der Waals surface area contributed by atoms with Crippen molar-refractivity contribution in [3.63, 3.8) is 0 Å². The molecule has 14 heteroatoms. The first-order valence-corrected chi connectivity index (χ1v) is 9.89. The van der Waals surface area contributed by atoms with Gasteiger partial charge in [0.15, 0.2) is 0 Å². The van der Waals surface area contributed by atoms with Crippen LogP contribution in [0.25, 0.3) is 0 Å². The van der Waals surface area contributed by atoms with Crippen LogP contribution >= 0.6 is 0 Å².